The summed E-state index contributed by atoms with van der Waals surface area (Å²) in [5, 5.41) is 12.9. The number of aliphatic carboxylic acids is 1. The van der Waals surface area contributed by atoms with Crippen LogP contribution in [0.5, 0.6) is 0 Å². The summed E-state index contributed by atoms with van der Waals surface area (Å²) in [6.45, 7) is 6.27. The second-order valence-corrected chi connectivity index (χ2v) is 5.69. The first-order chi connectivity index (χ1) is 8.44. The first-order valence-electron chi connectivity index (χ1n) is 6.52. The van der Waals surface area contributed by atoms with E-state index in [1.54, 1.807) is 0 Å². The second kappa shape index (κ2) is 4.73. The van der Waals surface area contributed by atoms with Gasteiger partial charge in [-0.05, 0) is 24.0 Å². The third-order valence-corrected chi connectivity index (χ3v) is 4.02. The van der Waals surface area contributed by atoms with Gasteiger partial charge < -0.3 is 5.11 Å². The van der Waals surface area contributed by atoms with Crippen molar-refractivity contribution in [1.29, 1.82) is 0 Å². The maximum absolute atomic E-state index is 11.7. The summed E-state index contributed by atoms with van der Waals surface area (Å²) < 4.78 is 0. The molecule has 0 aromatic heterocycles. The van der Waals surface area contributed by atoms with E-state index in [2.05, 4.69) is 26.1 Å². The zero-order chi connectivity index (χ0) is 13.3. The zero-order valence-corrected chi connectivity index (χ0v) is 11.2. The van der Waals surface area contributed by atoms with Crippen LogP contribution >= 0.6 is 0 Å². The van der Waals surface area contributed by atoms with E-state index in [0.29, 0.717) is 18.8 Å². The third-order valence-electron chi connectivity index (χ3n) is 4.02. The van der Waals surface area contributed by atoms with Gasteiger partial charge in [-0.1, -0.05) is 38.1 Å². The number of hydrogen-bond acceptors (Lipinski definition) is 2. The molecule has 0 fully saturated rings. The SMILES string of the molecule is CC(C)C(C)NC1(C(=O)O)Cc2ccccc2C1. The predicted octanol–water partition coefficient (Wildman–Crippen LogP) is 2.24. The summed E-state index contributed by atoms with van der Waals surface area (Å²) in [5.41, 5.74) is 1.49. The average molecular weight is 247 g/mol. The number of hydrogen-bond donors (Lipinski definition) is 2. The summed E-state index contributed by atoms with van der Waals surface area (Å²) in [6.07, 6.45) is 1.16. The molecule has 0 aliphatic heterocycles. The molecular weight excluding hydrogens is 226 g/mol. The molecule has 3 heteroatoms. The molecule has 0 bridgehead atoms. The Morgan fingerprint density at radius 3 is 2.11 bits per heavy atom. The third kappa shape index (κ3) is 2.27. The molecule has 0 radical (unpaired) electrons. The molecular formula is C15H21NO2. The molecule has 0 saturated heterocycles. The molecule has 3 nitrogen and oxygen atoms in total. The monoisotopic (exact) mass is 247 g/mol. The lowest BCUT2D eigenvalue weighted by atomic mass is 9.92. The number of carboxylic acid groups (broad SMARTS) is 1. The fraction of sp³-hybridized carbons (Fsp3) is 0.533. The van der Waals surface area contributed by atoms with Crippen molar-refractivity contribution >= 4 is 5.97 Å². The number of nitrogens with one attached hydrogen (secondary N) is 1. The fourth-order valence-electron chi connectivity index (χ4n) is 2.53. The van der Waals surface area contributed by atoms with Gasteiger partial charge in [0.25, 0.3) is 0 Å². The molecule has 1 unspecified atom stereocenters. The number of benzene rings is 1. The van der Waals surface area contributed by atoms with Crippen LogP contribution in [-0.4, -0.2) is 22.7 Å². The van der Waals surface area contributed by atoms with E-state index in [9.17, 15) is 9.90 Å². The minimum atomic E-state index is -0.826. The second-order valence-electron chi connectivity index (χ2n) is 5.69. The smallest absolute Gasteiger partial charge is 0.324 e. The molecule has 0 spiro atoms. The Balaban J connectivity index is 2.25. The van der Waals surface area contributed by atoms with Crippen molar-refractivity contribution < 1.29 is 9.90 Å². The fourth-order valence-corrected chi connectivity index (χ4v) is 2.53. The first-order valence-corrected chi connectivity index (χ1v) is 6.52. The molecule has 0 heterocycles. The van der Waals surface area contributed by atoms with E-state index in [1.165, 1.54) is 0 Å². The Hall–Kier alpha value is -1.35. The highest BCUT2D eigenvalue weighted by molar-refractivity contribution is 5.81. The van der Waals surface area contributed by atoms with Crippen molar-refractivity contribution in [2.24, 2.45) is 5.92 Å². The lowest BCUT2D eigenvalue weighted by Gasteiger charge is -2.31. The van der Waals surface area contributed by atoms with Gasteiger partial charge in [-0.2, -0.15) is 0 Å². The van der Waals surface area contributed by atoms with Crippen LogP contribution in [0.2, 0.25) is 0 Å². The van der Waals surface area contributed by atoms with Gasteiger partial charge in [0.15, 0.2) is 0 Å². The van der Waals surface area contributed by atoms with E-state index in [0.717, 1.165) is 11.1 Å². The van der Waals surface area contributed by atoms with Crippen LogP contribution in [-0.2, 0) is 17.6 Å². The van der Waals surface area contributed by atoms with Crippen molar-refractivity contribution in [3.8, 4) is 0 Å². The van der Waals surface area contributed by atoms with Gasteiger partial charge in [0.2, 0.25) is 0 Å². The van der Waals surface area contributed by atoms with E-state index in [-0.39, 0.29) is 6.04 Å². The molecule has 98 valence electrons. The van der Waals surface area contributed by atoms with Crippen LogP contribution in [0, 0.1) is 5.92 Å². The molecule has 0 amide bonds. The lowest BCUT2D eigenvalue weighted by Crippen LogP contribution is -2.57. The molecule has 0 saturated carbocycles. The van der Waals surface area contributed by atoms with Gasteiger partial charge in [0.1, 0.15) is 5.54 Å². The van der Waals surface area contributed by atoms with Crippen LogP contribution in [0.1, 0.15) is 31.9 Å². The summed E-state index contributed by atoms with van der Waals surface area (Å²) in [6, 6.07) is 8.20. The van der Waals surface area contributed by atoms with E-state index in [4.69, 9.17) is 0 Å². The molecule has 18 heavy (non-hydrogen) atoms. The molecule has 1 aromatic carbocycles. The van der Waals surface area contributed by atoms with Crippen LogP contribution in [0.4, 0.5) is 0 Å². The highest BCUT2D eigenvalue weighted by Gasteiger charge is 2.44. The topological polar surface area (TPSA) is 49.3 Å². The molecule has 1 aliphatic rings. The molecule has 2 rings (SSSR count). The van der Waals surface area contributed by atoms with Gasteiger partial charge in [-0.15, -0.1) is 0 Å². The molecule has 1 aromatic rings. The standard InChI is InChI=1S/C15H21NO2/c1-10(2)11(3)16-15(14(17)18)8-12-6-4-5-7-13(12)9-15/h4-7,10-11,16H,8-9H2,1-3H3,(H,17,18). The van der Waals surface area contributed by atoms with E-state index in [1.807, 2.05) is 24.3 Å². The largest absolute Gasteiger partial charge is 0.480 e. The van der Waals surface area contributed by atoms with Gasteiger partial charge in [-0.3, -0.25) is 10.1 Å². The normalized spacial score (nSPS) is 18.7. The highest BCUT2D eigenvalue weighted by Crippen LogP contribution is 2.31. The lowest BCUT2D eigenvalue weighted by molar-refractivity contribution is -0.145. The van der Waals surface area contributed by atoms with Crippen molar-refractivity contribution in [2.75, 3.05) is 0 Å². The van der Waals surface area contributed by atoms with Crippen molar-refractivity contribution in [3.05, 3.63) is 35.4 Å². The van der Waals surface area contributed by atoms with Gasteiger partial charge in [0.05, 0.1) is 0 Å². The van der Waals surface area contributed by atoms with E-state index >= 15 is 0 Å². The summed E-state index contributed by atoms with van der Waals surface area (Å²) in [7, 11) is 0. The predicted molar refractivity (Wildman–Crippen MR) is 71.7 cm³/mol. The Morgan fingerprint density at radius 1 is 1.22 bits per heavy atom. The zero-order valence-electron chi connectivity index (χ0n) is 11.2. The average Bonchev–Trinajstić information content (AvgIpc) is 2.68. The summed E-state index contributed by atoms with van der Waals surface area (Å²) in [4.78, 5) is 11.7. The Kier molecular flexibility index (Phi) is 3.44. The number of carbonyl (C=O) groups is 1. The Morgan fingerprint density at radius 2 is 1.72 bits per heavy atom. The number of fused-ring (bicyclic) bond motifs is 1. The van der Waals surface area contributed by atoms with Gasteiger partial charge >= 0.3 is 5.97 Å². The van der Waals surface area contributed by atoms with Crippen LogP contribution in [0.15, 0.2) is 24.3 Å². The molecule has 1 aliphatic carbocycles. The maximum atomic E-state index is 11.7. The first kappa shape index (κ1) is 13.1. The minimum Gasteiger partial charge on any atom is -0.480 e. The van der Waals surface area contributed by atoms with E-state index < -0.39 is 11.5 Å². The van der Waals surface area contributed by atoms with Crippen molar-refractivity contribution in [1.82, 2.24) is 5.32 Å². The van der Waals surface area contributed by atoms with Crippen molar-refractivity contribution in [2.45, 2.75) is 45.2 Å². The van der Waals surface area contributed by atoms with Crippen LogP contribution < -0.4 is 5.32 Å². The molecule has 2 N–H and O–H groups in total. The number of carboxylic acids is 1. The summed E-state index contributed by atoms with van der Waals surface area (Å²) >= 11 is 0. The van der Waals surface area contributed by atoms with Crippen LogP contribution in [0.25, 0.3) is 0 Å². The van der Waals surface area contributed by atoms with Gasteiger partial charge in [-0.25, -0.2) is 0 Å². The maximum Gasteiger partial charge on any atom is 0.324 e. The Bertz CT molecular complexity index is 429. The molecule has 1 atom stereocenters. The quantitative estimate of drug-likeness (QED) is 0.858. The van der Waals surface area contributed by atoms with Crippen molar-refractivity contribution in [3.63, 3.8) is 0 Å². The van der Waals surface area contributed by atoms with Crippen LogP contribution in [0.3, 0.4) is 0 Å². The number of rotatable bonds is 4. The van der Waals surface area contributed by atoms with Gasteiger partial charge in [0, 0.05) is 18.9 Å². The highest BCUT2D eigenvalue weighted by atomic mass is 16.4. The Labute approximate surface area is 108 Å². The minimum absolute atomic E-state index is 0.190. The summed E-state index contributed by atoms with van der Waals surface area (Å²) in [5.74, 6) is -0.323.